The molecule has 0 radical (unpaired) electrons. The third-order valence-electron chi connectivity index (χ3n) is 1.46. The highest BCUT2D eigenvalue weighted by molar-refractivity contribution is 5.83. The molecule has 0 aliphatic heterocycles. The van der Waals surface area contributed by atoms with Crippen molar-refractivity contribution in [2.24, 2.45) is 0 Å². The molecule has 3 N–H and O–H groups in total. The average Bonchev–Trinajstić information content (AvgIpc) is 2.49. The molecule has 13 heavy (non-hydrogen) atoms. The minimum absolute atomic E-state index is 0.178. The number of anilines is 1. The summed E-state index contributed by atoms with van der Waals surface area (Å²) in [6, 6.07) is 1.51. The number of hydrogen-bond acceptors (Lipinski definition) is 5. The molecule has 2 aromatic heterocycles. The maximum Gasteiger partial charge on any atom is 0.375 e. The van der Waals surface area contributed by atoms with Crippen molar-refractivity contribution in [2.45, 2.75) is 0 Å². The van der Waals surface area contributed by atoms with Gasteiger partial charge in [-0.2, -0.15) is 9.50 Å². The largest absolute Gasteiger partial charge is 0.475 e. The van der Waals surface area contributed by atoms with Gasteiger partial charge in [0.25, 0.3) is 11.6 Å². The van der Waals surface area contributed by atoms with Gasteiger partial charge in [0, 0.05) is 6.20 Å². The molecule has 0 bridgehead atoms. The molecule has 0 aromatic carbocycles. The van der Waals surface area contributed by atoms with Crippen molar-refractivity contribution in [2.75, 3.05) is 5.73 Å². The Labute approximate surface area is 71.8 Å². The van der Waals surface area contributed by atoms with Crippen LogP contribution in [0.25, 0.3) is 5.78 Å². The fraction of sp³-hybridized carbons (Fsp3) is 0. The van der Waals surface area contributed by atoms with Gasteiger partial charge in [-0.15, -0.1) is 5.10 Å². The van der Waals surface area contributed by atoms with Crippen LogP contribution in [0.4, 0.5) is 5.82 Å². The van der Waals surface area contributed by atoms with E-state index in [4.69, 9.17) is 10.8 Å². The Morgan fingerprint density at radius 3 is 3.00 bits per heavy atom. The second-order valence-corrected chi connectivity index (χ2v) is 2.32. The number of aromatic carboxylic acids is 1. The van der Waals surface area contributed by atoms with Gasteiger partial charge in [0.05, 0.1) is 0 Å². The van der Waals surface area contributed by atoms with Gasteiger partial charge >= 0.3 is 5.97 Å². The van der Waals surface area contributed by atoms with Crippen LogP contribution in [0.1, 0.15) is 10.6 Å². The average molecular weight is 179 g/mol. The number of nitrogens with zero attached hydrogens (tertiary/aromatic N) is 4. The summed E-state index contributed by atoms with van der Waals surface area (Å²) in [6.07, 6.45) is 1.44. The topological polar surface area (TPSA) is 106 Å². The monoisotopic (exact) mass is 179 g/mol. The molecule has 0 aliphatic carbocycles. The Kier molecular flexibility index (Phi) is 1.38. The first-order valence-electron chi connectivity index (χ1n) is 3.39. The molecule has 0 aliphatic rings. The minimum atomic E-state index is -1.20. The summed E-state index contributed by atoms with van der Waals surface area (Å²) < 4.78 is 1.17. The van der Waals surface area contributed by atoms with Gasteiger partial charge in [-0.25, -0.2) is 9.78 Å². The van der Waals surface area contributed by atoms with E-state index in [1.54, 1.807) is 0 Å². The highest BCUT2D eigenvalue weighted by Crippen LogP contribution is 2.03. The first-order valence-corrected chi connectivity index (χ1v) is 3.39. The van der Waals surface area contributed by atoms with Crippen molar-refractivity contribution in [1.29, 1.82) is 0 Å². The number of rotatable bonds is 1. The number of fused-ring (bicyclic) bond motifs is 1. The molecule has 0 atom stereocenters. The summed E-state index contributed by atoms with van der Waals surface area (Å²) in [5.41, 5.74) is 5.50. The first-order chi connectivity index (χ1) is 6.18. The summed E-state index contributed by atoms with van der Waals surface area (Å²) in [5.74, 6) is -1.04. The van der Waals surface area contributed by atoms with Gasteiger partial charge < -0.3 is 10.8 Å². The maximum absolute atomic E-state index is 10.5. The molecule has 0 saturated heterocycles. The van der Waals surface area contributed by atoms with Crippen LogP contribution in [0, 0.1) is 0 Å². The first kappa shape index (κ1) is 7.47. The van der Waals surface area contributed by atoms with Crippen LogP contribution >= 0.6 is 0 Å². The molecule has 2 rings (SSSR count). The van der Waals surface area contributed by atoms with Gasteiger partial charge in [-0.05, 0) is 6.07 Å². The molecule has 0 fully saturated rings. The van der Waals surface area contributed by atoms with Gasteiger partial charge in [0.15, 0.2) is 0 Å². The zero-order chi connectivity index (χ0) is 9.42. The van der Waals surface area contributed by atoms with Crippen LogP contribution in [0.2, 0.25) is 0 Å². The number of carboxylic acids is 1. The van der Waals surface area contributed by atoms with E-state index in [0.29, 0.717) is 5.82 Å². The number of nitrogen functional groups attached to an aromatic ring is 1. The normalized spacial score (nSPS) is 10.5. The fourth-order valence-electron chi connectivity index (χ4n) is 0.902. The van der Waals surface area contributed by atoms with Crippen molar-refractivity contribution in [3.05, 3.63) is 18.1 Å². The van der Waals surface area contributed by atoms with Gasteiger partial charge in [-0.3, -0.25) is 0 Å². The Bertz CT molecular complexity index is 477. The Morgan fingerprint density at radius 1 is 1.62 bits per heavy atom. The van der Waals surface area contributed by atoms with Crippen LogP contribution in [0.5, 0.6) is 0 Å². The Balaban J connectivity index is 2.75. The smallest absolute Gasteiger partial charge is 0.375 e. The molecule has 2 heterocycles. The van der Waals surface area contributed by atoms with Crippen molar-refractivity contribution < 1.29 is 9.90 Å². The zero-order valence-corrected chi connectivity index (χ0v) is 6.38. The standard InChI is InChI=1S/C6H5N5O2/c7-3-1-2-8-6-9-4(5(12)13)10-11(3)6/h1-2H,7H2,(H,12,13). The minimum Gasteiger partial charge on any atom is -0.475 e. The number of carboxylic acid groups (broad SMARTS) is 1. The van der Waals surface area contributed by atoms with Crippen molar-refractivity contribution >= 4 is 17.6 Å². The molecule has 7 nitrogen and oxygen atoms in total. The Hall–Kier alpha value is -2.18. The molecule has 0 saturated carbocycles. The lowest BCUT2D eigenvalue weighted by Crippen LogP contribution is -2.01. The lowest BCUT2D eigenvalue weighted by Gasteiger charge is -1.92. The van der Waals surface area contributed by atoms with Crippen LogP contribution < -0.4 is 5.73 Å². The molecule has 0 unspecified atom stereocenters. The molecule has 66 valence electrons. The summed E-state index contributed by atoms with van der Waals surface area (Å²) in [6.45, 7) is 0. The van der Waals surface area contributed by atoms with Crippen LogP contribution in [-0.4, -0.2) is 30.7 Å². The number of aromatic nitrogens is 4. The molecular weight excluding hydrogens is 174 g/mol. The lowest BCUT2D eigenvalue weighted by atomic mass is 10.6. The summed E-state index contributed by atoms with van der Waals surface area (Å²) in [4.78, 5) is 17.9. The highest BCUT2D eigenvalue weighted by atomic mass is 16.4. The number of hydrogen-bond donors (Lipinski definition) is 2. The van der Waals surface area contributed by atoms with Gasteiger partial charge in [0.1, 0.15) is 5.82 Å². The van der Waals surface area contributed by atoms with E-state index in [1.807, 2.05) is 0 Å². The van der Waals surface area contributed by atoms with Crippen molar-refractivity contribution in [3.63, 3.8) is 0 Å². The van der Waals surface area contributed by atoms with E-state index in [0.717, 1.165) is 0 Å². The van der Waals surface area contributed by atoms with Crippen molar-refractivity contribution in [1.82, 2.24) is 19.6 Å². The lowest BCUT2D eigenvalue weighted by molar-refractivity contribution is 0.0684. The van der Waals surface area contributed by atoms with E-state index in [9.17, 15) is 4.79 Å². The van der Waals surface area contributed by atoms with Gasteiger partial charge in [-0.1, -0.05) is 0 Å². The second kappa shape index (κ2) is 2.41. The predicted molar refractivity (Wildman–Crippen MR) is 42.2 cm³/mol. The van der Waals surface area contributed by atoms with Crippen LogP contribution in [0.15, 0.2) is 12.3 Å². The van der Waals surface area contributed by atoms with E-state index < -0.39 is 5.97 Å². The second-order valence-electron chi connectivity index (χ2n) is 2.32. The quantitative estimate of drug-likeness (QED) is 0.605. The highest BCUT2D eigenvalue weighted by Gasteiger charge is 2.11. The Morgan fingerprint density at radius 2 is 2.38 bits per heavy atom. The molecule has 7 heteroatoms. The molecule has 0 amide bonds. The van der Waals surface area contributed by atoms with E-state index >= 15 is 0 Å². The third-order valence-corrected chi connectivity index (χ3v) is 1.46. The van der Waals surface area contributed by atoms with Crippen LogP contribution in [0.3, 0.4) is 0 Å². The number of nitrogens with two attached hydrogens (primary N) is 1. The summed E-state index contributed by atoms with van der Waals surface area (Å²) in [7, 11) is 0. The van der Waals surface area contributed by atoms with E-state index in [-0.39, 0.29) is 11.6 Å². The predicted octanol–water partition coefficient (Wildman–Crippen LogP) is -0.595. The fourth-order valence-corrected chi connectivity index (χ4v) is 0.902. The third kappa shape index (κ3) is 1.06. The molecule has 2 aromatic rings. The molecular formula is C6H5N5O2. The molecule has 0 spiro atoms. The maximum atomic E-state index is 10.5. The van der Waals surface area contributed by atoms with E-state index in [2.05, 4.69) is 15.1 Å². The van der Waals surface area contributed by atoms with E-state index in [1.165, 1.54) is 16.8 Å². The zero-order valence-electron chi connectivity index (χ0n) is 6.38. The van der Waals surface area contributed by atoms with Gasteiger partial charge in [0.2, 0.25) is 0 Å². The number of carbonyl (C=O) groups is 1. The SMILES string of the molecule is Nc1ccnc2nc(C(=O)O)nn12. The summed E-state index contributed by atoms with van der Waals surface area (Å²) in [5, 5.41) is 12.2. The van der Waals surface area contributed by atoms with Crippen LogP contribution in [-0.2, 0) is 0 Å². The summed E-state index contributed by atoms with van der Waals surface area (Å²) >= 11 is 0. The van der Waals surface area contributed by atoms with Crippen molar-refractivity contribution in [3.8, 4) is 0 Å².